The number of aliphatic imine (C=N–C) groups is 1. The number of carbonyl (C=O) groups is 3. The molecule has 2 aromatic carbocycles. The maximum absolute atomic E-state index is 12.5. The van der Waals surface area contributed by atoms with Gasteiger partial charge in [0.25, 0.3) is 5.91 Å². The number of anilines is 1. The molecule has 0 bridgehead atoms. The first-order chi connectivity index (χ1) is 13.9. The van der Waals surface area contributed by atoms with Crippen molar-refractivity contribution in [2.75, 3.05) is 11.9 Å². The van der Waals surface area contributed by atoms with E-state index in [2.05, 4.69) is 20.9 Å². The molecule has 0 saturated heterocycles. The van der Waals surface area contributed by atoms with Gasteiger partial charge in [-0.15, -0.1) is 0 Å². The predicted octanol–water partition coefficient (Wildman–Crippen LogP) is 2.09. The molecule has 29 heavy (non-hydrogen) atoms. The van der Waals surface area contributed by atoms with E-state index in [4.69, 9.17) is 5.11 Å². The zero-order chi connectivity index (χ0) is 20.8. The first-order valence-electron chi connectivity index (χ1n) is 9.21. The van der Waals surface area contributed by atoms with Crippen LogP contribution in [0.15, 0.2) is 53.5 Å². The number of hydrogen-bond donors (Lipinski definition) is 4. The molecule has 3 rings (SSSR count). The van der Waals surface area contributed by atoms with Gasteiger partial charge >= 0.3 is 5.97 Å². The van der Waals surface area contributed by atoms with Crippen LogP contribution in [0.25, 0.3) is 0 Å². The smallest absolute Gasteiger partial charge is 0.303 e. The van der Waals surface area contributed by atoms with Crippen LogP contribution in [0.3, 0.4) is 0 Å². The van der Waals surface area contributed by atoms with Crippen molar-refractivity contribution in [3.8, 4) is 0 Å². The Kier molecular flexibility index (Phi) is 6.23. The number of benzene rings is 2. The van der Waals surface area contributed by atoms with Crippen molar-refractivity contribution in [3.63, 3.8) is 0 Å². The lowest BCUT2D eigenvalue weighted by Crippen LogP contribution is -2.30. The molecule has 2 aromatic rings. The van der Waals surface area contributed by atoms with Crippen LogP contribution < -0.4 is 16.0 Å². The number of aliphatic carboxylic acids is 1. The Morgan fingerprint density at radius 1 is 1.21 bits per heavy atom. The molecular formula is C21H22N4O4. The lowest BCUT2D eigenvalue weighted by atomic mass is 9.96. The van der Waals surface area contributed by atoms with Crippen LogP contribution >= 0.6 is 0 Å². The molecule has 1 aliphatic heterocycles. The lowest BCUT2D eigenvalue weighted by molar-refractivity contribution is -0.137. The molecule has 0 aliphatic carbocycles. The highest BCUT2D eigenvalue weighted by Gasteiger charge is 2.14. The van der Waals surface area contributed by atoms with Crippen LogP contribution in [-0.4, -0.2) is 35.4 Å². The molecule has 0 fully saturated rings. The van der Waals surface area contributed by atoms with Crippen LogP contribution in [0, 0.1) is 0 Å². The molecule has 150 valence electrons. The van der Waals surface area contributed by atoms with Gasteiger partial charge in [-0.2, -0.15) is 0 Å². The first kappa shape index (κ1) is 20.1. The Morgan fingerprint density at radius 2 is 2.00 bits per heavy atom. The van der Waals surface area contributed by atoms with E-state index in [1.54, 1.807) is 24.3 Å². The van der Waals surface area contributed by atoms with Crippen molar-refractivity contribution >= 4 is 29.4 Å². The quantitative estimate of drug-likeness (QED) is 0.573. The van der Waals surface area contributed by atoms with Crippen molar-refractivity contribution in [3.05, 3.63) is 65.2 Å². The Balaban J connectivity index is 1.60. The molecule has 8 nitrogen and oxygen atoms in total. The standard InChI is InChI=1S/C21H22N4O4/c1-13(8-19(27)28)15-5-2-4-14(9-15)11-22-20(29)16-6-3-7-17(10-16)24-21-23-12-18(26)25-21/h2-7,9-10,13H,8,11-12H2,1H3,(H,22,29)(H,27,28)(H2,23,24,25,26). The number of carboxylic acids is 1. The second-order valence-electron chi connectivity index (χ2n) is 6.85. The number of nitrogens with one attached hydrogen (secondary N) is 3. The highest BCUT2D eigenvalue weighted by atomic mass is 16.4. The number of hydrogen-bond acceptors (Lipinski definition) is 5. The van der Waals surface area contributed by atoms with Crippen LogP contribution in [0.4, 0.5) is 5.69 Å². The fraction of sp³-hybridized carbons (Fsp3) is 0.238. The molecule has 0 spiro atoms. The fourth-order valence-electron chi connectivity index (χ4n) is 2.98. The van der Waals surface area contributed by atoms with Crippen molar-refractivity contribution < 1.29 is 19.5 Å². The Morgan fingerprint density at radius 3 is 2.72 bits per heavy atom. The topological polar surface area (TPSA) is 120 Å². The summed E-state index contributed by atoms with van der Waals surface area (Å²) in [5, 5.41) is 17.4. The van der Waals surface area contributed by atoms with Crippen LogP contribution in [0.1, 0.15) is 40.7 Å². The second kappa shape index (κ2) is 9.01. The molecular weight excluding hydrogens is 372 g/mol. The maximum Gasteiger partial charge on any atom is 0.303 e. The van der Waals surface area contributed by atoms with Crippen LogP contribution in [-0.2, 0) is 16.1 Å². The molecule has 0 saturated carbocycles. The second-order valence-corrected chi connectivity index (χ2v) is 6.85. The minimum Gasteiger partial charge on any atom is -0.481 e. The minimum atomic E-state index is -0.840. The number of nitrogens with zero attached hydrogens (tertiary/aromatic N) is 1. The van der Waals surface area contributed by atoms with E-state index in [9.17, 15) is 14.4 Å². The summed E-state index contributed by atoms with van der Waals surface area (Å²) in [5.41, 5.74) is 2.92. The SMILES string of the molecule is CC(CC(=O)O)c1cccc(CNC(=O)c2cccc(NC3=NCC(=O)N3)c2)c1. The number of carbonyl (C=O) groups excluding carboxylic acids is 2. The van der Waals surface area contributed by atoms with Gasteiger partial charge in [-0.1, -0.05) is 37.3 Å². The van der Waals surface area contributed by atoms with E-state index < -0.39 is 5.97 Å². The highest BCUT2D eigenvalue weighted by molar-refractivity contribution is 6.09. The molecule has 1 aliphatic rings. The van der Waals surface area contributed by atoms with E-state index in [-0.39, 0.29) is 30.7 Å². The lowest BCUT2D eigenvalue weighted by Gasteiger charge is -2.12. The van der Waals surface area contributed by atoms with Crippen molar-refractivity contribution in [1.82, 2.24) is 10.6 Å². The molecule has 4 N–H and O–H groups in total. The highest BCUT2D eigenvalue weighted by Crippen LogP contribution is 2.20. The molecule has 1 heterocycles. The first-order valence-corrected chi connectivity index (χ1v) is 9.21. The van der Waals surface area contributed by atoms with Gasteiger partial charge in [0, 0.05) is 17.8 Å². The molecule has 8 heteroatoms. The largest absolute Gasteiger partial charge is 0.481 e. The minimum absolute atomic E-state index is 0.0569. The summed E-state index contributed by atoms with van der Waals surface area (Å²) in [4.78, 5) is 38.6. The maximum atomic E-state index is 12.5. The summed E-state index contributed by atoms with van der Waals surface area (Å²) in [7, 11) is 0. The Hall–Kier alpha value is -3.68. The van der Waals surface area contributed by atoms with Gasteiger partial charge in [0.05, 0.1) is 6.42 Å². The summed E-state index contributed by atoms with van der Waals surface area (Å²) in [6.45, 7) is 2.28. The van der Waals surface area contributed by atoms with Gasteiger partial charge in [0.1, 0.15) is 6.54 Å². The monoisotopic (exact) mass is 394 g/mol. The van der Waals surface area contributed by atoms with E-state index >= 15 is 0 Å². The van der Waals surface area contributed by atoms with Gasteiger partial charge in [0.15, 0.2) is 0 Å². The third-order valence-electron chi connectivity index (χ3n) is 4.48. The predicted molar refractivity (Wildman–Crippen MR) is 109 cm³/mol. The fourth-order valence-corrected chi connectivity index (χ4v) is 2.98. The Bertz CT molecular complexity index is 971. The van der Waals surface area contributed by atoms with E-state index in [1.807, 2.05) is 31.2 Å². The van der Waals surface area contributed by atoms with E-state index in [0.29, 0.717) is 23.8 Å². The van der Waals surface area contributed by atoms with E-state index in [1.165, 1.54) is 0 Å². The van der Waals surface area contributed by atoms with Crippen LogP contribution in [0.2, 0.25) is 0 Å². The normalized spacial score (nSPS) is 14.0. The zero-order valence-corrected chi connectivity index (χ0v) is 15.9. The van der Waals surface area contributed by atoms with E-state index in [0.717, 1.165) is 11.1 Å². The van der Waals surface area contributed by atoms with Crippen LogP contribution in [0.5, 0.6) is 0 Å². The van der Waals surface area contributed by atoms with Gasteiger partial charge in [-0.3, -0.25) is 19.7 Å². The van der Waals surface area contributed by atoms with Crippen molar-refractivity contribution in [2.24, 2.45) is 4.99 Å². The zero-order valence-electron chi connectivity index (χ0n) is 15.9. The van der Waals surface area contributed by atoms with Crippen molar-refractivity contribution in [2.45, 2.75) is 25.8 Å². The molecule has 2 amide bonds. The van der Waals surface area contributed by atoms with Gasteiger partial charge in [-0.25, -0.2) is 4.99 Å². The summed E-state index contributed by atoms with van der Waals surface area (Å²) < 4.78 is 0. The molecule has 1 unspecified atom stereocenters. The summed E-state index contributed by atoms with van der Waals surface area (Å²) in [6, 6.07) is 14.4. The Labute approximate surface area is 168 Å². The summed E-state index contributed by atoms with van der Waals surface area (Å²) in [5.74, 6) is -1.01. The molecule has 0 aromatic heterocycles. The summed E-state index contributed by atoms with van der Waals surface area (Å²) >= 11 is 0. The average molecular weight is 394 g/mol. The molecule has 0 radical (unpaired) electrons. The number of guanidine groups is 1. The number of amides is 2. The molecule has 1 atom stereocenters. The third-order valence-corrected chi connectivity index (χ3v) is 4.48. The van der Waals surface area contributed by atoms with Gasteiger partial charge < -0.3 is 15.7 Å². The van der Waals surface area contributed by atoms with Crippen molar-refractivity contribution in [1.29, 1.82) is 0 Å². The third kappa shape index (κ3) is 5.65. The van der Waals surface area contributed by atoms with Gasteiger partial charge in [-0.05, 0) is 35.2 Å². The number of carboxylic acid groups (broad SMARTS) is 1. The van der Waals surface area contributed by atoms with Gasteiger partial charge in [0.2, 0.25) is 11.9 Å². The average Bonchev–Trinajstić information content (AvgIpc) is 3.10. The number of rotatable bonds is 7. The summed E-state index contributed by atoms with van der Waals surface area (Å²) in [6.07, 6.45) is 0.0569.